The lowest BCUT2D eigenvalue weighted by Gasteiger charge is -2.55. The minimum absolute atomic E-state index is 0.442. The Morgan fingerprint density at radius 3 is 3.06 bits per heavy atom. The van der Waals surface area contributed by atoms with Crippen molar-refractivity contribution >= 4 is 23.5 Å². The Morgan fingerprint density at radius 1 is 1.67 bits per heavy atom. The van der Waals surface area contributed by atoms with Gasteiger partial charge in [0.05, 0.1) is 6.21 Å². The van der Waals surface area contributed by atoms with Gasteiger partial charge in [-0.1, -0.05) is 26.0 Å². The van der Waals surface area contributed by atoms with Crippen molar-refractivity contribution < 1.29 is 0 Å². The Kier molecular flexibility index (Phi) is 3.85. The molecule has 0 aromatic heterocycles. The fourth-order valence-electron chi connectivity index (χ4n) is 2.91. The van der Waals surface area contributed by atoms with Gasteiger partial charge in [0.2, 0.25) is 0 Å². The first-order chi connectivity index (χ1) is 8.55. The van der Waals surface area contributed by atoms with E-state index < -0.39 is 0 Å². The Morgan fingerprint density at radius 2 is 2.44 bits per heavy atom. The van der Waals surface area contributed by atoms with Crippen LogP contribution in [0.15, 0.2) is 29.4 Å². The molecule has 1 saturated carbocycles. The molecule has 3 nitrogen and oxygen atoms in total. The van der Waals surface area contributed by atoms with Gasteiger partial charge in [-0.25, -0.2) is 0 Å². The van der Waals surface area contributed by atoms with Crippen LogP contribution in [0, 0.1) is 17.3 Å². The number of thiocarbonyl (C=S) groups is 1. The van der Waals surface area contributed by atoms with E-state index in [4.69, 9.17) is 12.2 Å². The van der Waals surface area contributed by atoms with E-state index in [-0.39, 0.29) is 0 Å². The van der Waals surface area contributed by atoms with Crippen LogP contribution in [-0.2, 0) is 0 Å². The molecule has 3 rings (SSSR count). The van der Waals surface area contributed by atoms with Crippen molar-refractivity contribution in [2.45, 2.75) is 26.7 Å². The minimum atomic E-state index is 0.442. The largest absolute Gasteiger partial charge is 0.358 e. The van der Waals surface area contributed by atoms with Gasteiger partial charge in [-0.3, -0.25) is 5.43 Å². The van der Waals surface area contributed by atoms with Gasteiger partial charge in [-0.05, 0) is 47.9 Å². The van der Waals surface area contributed by atoms with Crippen molar-refractivity contribution in [3.05, 3.63) is 24.3 Å². The van der Waals surface area contributed by atoms with E-state index in [0.29, 0.717) is 23.0 Å². The first-order valence-corrected chi connectivity index (χ1v) is 6.84. The van der Waals surface area contributed by atoms with Gasteiger partial charge >= 0.3 is 0 Å². The summed E-state index contributed by atoms with van der Waals surface area (Å²) in [5.74, 6) is 1.53. The van der Waals surface area contributed by atoms with Crippen LogP contribution >= 0.6 is 12.2 Å². The van der Waals surface area contributed by atoms with Gasteiger partial charge in [0, 0.05) is 6.54 Å². The summed E-state index contributed by atoms with van der Waals surface area (Å²) in [6.07, 6.45) is 8.49. The molecule has 1 fully saturated rings. The molecule has 0 radical (unpaired) electrons. The number of hydrogen-bond acceptors (Lipinski definition) is 2. The van der Waals surface area contributed by atoms with Crippen LogP contribution in [0.25, 0.3) is 0 Å². The van der Waals surface area contributed by atoms with Crippen LogP contribution < -0.4 is 10.7 Å². The van der Waals surface area contributed by atoms with Crippen LogP contribution in [0.2, 0.25) is 0 Å². The number of nitrogens with zero attached hydrogens (tertiary/aromatic N) is 1. The summed E-state index contributed by atoms with van der Waals surface area (Å²) in [5, 5.41) is 7.72. The number of rotatable bonds is 4. The maximum absolute atomic E-state index is 5.07. The van der Waals surface area contributed by atoms with Crippen molar-refractivity contribution in [1.82, 2.24) is 10.7 Å². The molecule has 98 valence electrons. The smallest absolute Gasteiger partial charge is 0.187 e. The minimum Gasteiger partial charge on any atom is -0.358 e. The molecule has 2 bridgehead atoms. The predicted octanol–water partition coefficient (Wildman–Crippen LogP) is 2.61. The lowest BCUT2D eigenvalue weighted by molar-refractivity contribution is -0.00126. The van der Waals surface area contributed by atoms with Crippen LogP contribution in [0.1, 0.15) is 26.7 Å². The molecule has 2 atom stereocenters. The predicted molar refractivity (Wildman–Crippen MR) is 80.5 cm³/mol. The second-order valence-corrected chi connectivity index (χ2v) is 6.02. The molecule has 0 heterocycles. The summed E-state index contributed by atoms with van der Waals surface area (Å²) in [5.41, 5.74) is 4.62. The SMILES string of the molecule is C=CCNC(=S)N/N=C/C1=CCC2CC1C2(C)C. The highest BCUT2D eigenvalue weighted by atomic mass is 32.1. The highest BCUT2D eigenvalue weighted by Gasteiger charge is 2.50. The summed E-state index contributed by atoms with van der Waals surface area (Å²) >= 11 is 5.07. The maximum Gasteiger partial charge on any atom is 0.187 e. The van der Waals surface area contributed by atoms with Crippen LogP contribution in [-0.4, -0.2) is 17.9 Å². The van der Waals surface area contributed by atoms with Crippen LogP contribution in [0.5, 0.6) is 0 Å². The van der Waals surface area contributed by atoms with Gasteiger partial charge in [0.15, 0.2) is 5.11 Å². The lowest BCUT2D eigenvalue weighted by atomic mass is 9.49. The summed E-state index contributed by atoms with van der Waals surface area (Å²) in [7, 11) is 0. The fraction of sp³-hybridized carbons (Fsp3) is 0.571. The molecule has 18 heavy (non-hydrogen) atoms. The average molecular weight is 263 g/mol. The van der Waals surface area contributed by atoms with E-state index in [1.807, 2.05) is 6.21 Å². The topological polar surface area (TPSA) is 36.4 Å². The molecule has 0 aliphatic heterocycles. The average Bonchev–Trinajstić information content (AvgIpc) is 2.36. The standard InChI is InChI=1S/C14H21N3S/c1-4-7-15-13(18)17-16-9-10-5-6-11-8-12(10)14(11,2)3/h4-5,9,11-12H,1,6-8H2,2-3H3,(H2,15,17,18)/b16-9+. The van der Waals surface area contributed by atoms with Crippen molar-refractivity contribution in [2.24, 2.45) is 22.4 Å². The van der Waals surface area contributed by atoms with Gasteiger partial charge in [-0.15, -0.1) is 6.58 Å². The Balaban J connectivity index is 1.85. The number of fused-ring (bicyclic) bond motifs is 1. The van der Waals surface area contributed by atoms with Gasteiger partial charge in [-0.2, -0.15) is 5.10 Å². The summed E-state index contributed by atoms with van der Waals surface area (Å²) < 4.78 is 0. The Labute approximate surface area is 114 Å². The fourth-order valence-corrected chi connectivity index (χ4v) is 3.05. The van der Waals surface area contributed by atoms with Crippen molar-refractivity contribution in [2.75, 3.05) is 6.54 Å². The number of hydrogen-bond donors (Lipinski definition) is 2. The first kappa shape index (κ1) is 13.3. The summed E-state index contributed by atoms with van der Waals surface area (Å²) in [6.45, 7) is 8.99. The van der Waals surface area contributed by atoms with Crippen LogP contribution in [0.4, 0.5) is 0 Å². The molecule has 0 aromatic carbocycles. The van der Waals surface area contributed by atoms with Crippen molar-refractivity contribution in [3.8, 4) is 0 Å². The molecule has 0 saturated heterocycles. The van der Waals surface area contributed by atoms with Crippen molar-refractivity contribution in [1.29, 1.82) is 0 Å². The Hall–Kier alpha value is -1.16. The molecule has 4 heteroatoms. The molecule has 3 aliphatic carbocycles. The second-order valence-electron chi connectivity index (χ2n) is 5.62. The molecule has 0 spiro atoms. The molecular formula is C14H21N3S. The van der Waals surface area contributed by atoms with E-state index in [9.17, 15) is 0 Å². The molecule has 2 N–H and O–H groups in total. The number of allylic oxidation sites excluding steroid dienone is 2. The van der Waals surface area contributed by atoms with Gasteiger partial charge in [0.25, 0.3) is 0 Å². The summed E-state index contributed by atoms with van der Waals surface area (Å²) in [6, 6.07) is 0. The molecule has 3 aliphatic rings. The molecular weight excluding hydrogens is 242 g/mol. The zero-order valence-electron chi connectivity index (χ0n) is 11.1. The van der Waals surface area contributed by atoms with E-state index in [1.54, 1.807) is 6.08 Å². The Bertz CT molecular complexity index is 409. The third kappa shape index (κ3) is 2.48. The number of nitrogens with one attached hydrogen (secondary N) is 2. The lowest BCUT2D eigenvalue weighted by Crippen LogP contribution is -2.48. The quantitative estimate of drug-likeness (QED) is 0.354. The first-order valence-electron chi connectivity index (χ1n) is 6.43. The van der Waals surface area contributed by atoms with E-state index >= 15 is 0 Å². The van der Waals surface area contributed by atoms with E-state index in [2.05, 4.69) is 42.3 Å². The van der Waals surface area contributed by atoms with Gasteiger partial charge < -0.3 is 5.32 Å². The third-order valence-corrected chi connectivity index (χ3v) is 4.53. The zero-order chi connectivity index (χ0) is 13.2. The highest BCUT2D eigenvalue weighted by Crippen LogP contribution is 2.58. The summed E-state index contributed by atoms with van der Waals surface area (Å²) in [4.78, 5) is 0. The van der Waals surface area contributed by atoms with E-state index in [0.717, 1.165) is 5.92 Å². The molecule has 0 aromatic rings. The van der Waals surface area contributed by atoms with E-state index in [1.165, 1.54) is 18.4 Å². The van der Waals surface area contributed by atoms with Gasteiger partial charge in [0.1, 0.15) is 0 Å². The third-order valence-electron chi connectivity index (χ3n) is 4.30. The van der Waals surface area contributed by atoms with Crippen LogP contribution in [0.3, 0.4) is 0 Å². The van der Waals surface area contributed by atoms with Crippen molar-refractivity contribution in [3.63, 3.8) is 0 Å². The molecule has 2 unspecified atom stereocenters. The second kappa shape index (κ2) is 5.22. The highest BCUT2D eigenvalue weighted by molar-refractivity contribution is 7.80. The number of hydrazone groups is 1. The maximum atomic E-state index is 5.07. The molecule has 0 amide bonds. The normalized spacial score (nSPS) is 28.2. The monoisotopic (exact) mass is 263 g/mol. The zero-order valence-corrected chi connectivity index (χ0v) is 11.9.